The molecule has 0 spiro atoms. The maximum absolute atomic E-state index is 10.2. The Kier molecular flexibility index (Phi) is 5.71. The standard InChI is InChI=1S/C17H26O2/c1-14-7-5-8-15(13-14)17(18)11-6-12-19-16-9-3-2-4-10-16/h2-4,9-10,14-15,17-18H,5-8,11-13H2,1H3. The Balaban J connectivity index is 1.62. The Morgan fingerprint density at radius 2 is 2.05 bits per heavy atom. The zero-order chi connectivity index (χ0) is 13.5. The highest BCUT2D eigenvalue weighted by Gasteiger charge is 2.24. The Morgan fingerprint density at radius 1 is 1.26 bits per heavy atom. The number of hydrogen-bond donors (Lipinski definition) is 1. The van der Waals surface area contributed by atoms with Crippen LogP contribution in [0.15, 0.2) is 30.3 Å². The molecule has 1 aliphatic rings. The molecule has 0 bridgehead atoms. The van der Waals surface area contributed by atoms with Crippen LogP contribution in [0.4, 0.5) is 0 Å². The van der Waals surface area contributed by atoms with Crippen LogP contribution in [0, 0.1) is 11.8 Å². The lowest BCUT2D eigenvalue weighted by Gasteiger charge is -2.30. The highest BCUT2D eigenvalue weighted by atomic mass is 16.5. The lowest BCUT2D eigenvalue weighted by molar-refractivity contribution is 0.0599. The maximum Gasteiger partial charge on any atom is 0.119 e. The smallest absolute Gasteiger partial charge is 0.119 e. The predicted molar refractivity (Wildman–Crippen MR) is 78.3 cm³/mol. The van der Waals surface area contributed by atoms with E-state index >= 15 is 0 Å². The van der Waals surface area contributed by atoms with Crippen LogP contribution in [0.25, 0.3) is 0 Å². The van der Waals surface area contributed by atoms with Crippen molar-refractivity contribution in [2.24, 2.45) is 11.8 Å². The van der Waals surface area contributed by atoms with Gasteiger partial charge in [-0.1, -0.05) is 38.0 Å². The summed E-state index contributed by atoms with van der Waals surface area (Å²) >= 11 is 0. The molecular weight excluding hydrogens is 236 g/mol. The highest BCUT2D eigenvalue weighted by molar-refractivity contribution is 5.20. The Morgan fingerprint density at radius 3 is 2.79 bits per heavy atom. The lowest BCUT2D eigenvalue weighted by atomic mass is 9.78. The number of aliphatic hydroxyl groups excluding tert-OH is 1. The van der Waals surface area contributed by atoms with E-state index in [1.165, 1.54) is 25.7 Å². The molecule has 1 N–H and O–H groups in total. The number of benzene rings is 1. The minimum absolute atomic E-state index is 0.137. The number of rotatable bonds is 6. The van der Waals surface area contributed by atoms with E-state index in [9.17, 15) is 5.11 Å². The summed E-state index contributed by atoms with van der Waals surface area (Å²) in [5.74, 6) is 2.22. The van der Waals surface area contributed by atoms with E-state index in [-0.39, 0.29) is 6.10 Å². The minimum Gasteiger partial charge on any atom is -0.494 e. The van der Waals surface area contributed by atoms with Crippen molar-refractivity contribution in [2.45, 2.75) is 51.6 Å². The first-order valence-corrected chi connectivity index (χ1v) is 7.61. The number of para-hydroxylation sites is 1. The second-order valence-electron chi connectivity index (χ2n) is 5.90. The molecule has 3 atom stereocenters. The molecule has 2 heteroatoms. The third-order valence-electron chi connectivity index (χ3n) is 4.18. The summed E-state index contributed by atoms with van der Waals surface area (Å²) in [4.78, 5) is 0. The molecule has 0 aliphatic heterocycles. The van der Waals surface area contributed by atoms with Crippen LogP contribution in [0.3, 0.4) is 0 Å². The molecule has 1 aliphatic carbocycles. The number of ether oxygens (including phenoxy) is 1. The van der Waals surface area contributed by atoms with Gasteiger partial charge in [-0.2, -0.15) is 0 Å². The largest absolute Gasteiger partial charge is 0.494 e. The molecule has 1 saturated carbocycles. The molecule has 0 heterocycles. The maximum atomic E-state index is 10.2. The fourth-order valence-corrected chi connectivity index (χ4v) is 3.07. The molecule has 3 unspecified atom stereocenters. The van der Waals surface area contributed by atoms with Crippen LogP contribution >= 0.6 is 0 Å². The van der Waals surface area contributed by atoms with Gasteiger partial charge in [-0.3, -0.25) is 0 Å². The third kappa shape index (κ3) is 4.87. The molecule has 0 saturated heterocycles. The van der Waals surface area contributed by atoms with E-state index in [2.05, 4.69) is 6.92 Å². The van der Waals surface area contributed by atoms with Crippen molar-refractivity contribution in [3.05, 3.63) is 30.3 Å². The van der Waals surface area contributed by atoms with Crippen molar-refractivity contribution in [1.82, 2.24) is 0 Å². The van der Waals surface area contributed by atoms with E-state index in [0.29, 0.717) is 12.5 Å². The van der Waals surface area contributed by atoms with Gasteiger partial charge >= 0.3 is 0 Å². The SMILES string of the molecule is CC1CCCC(C(O)CCCOc2ccccc2)C1. The Bertz CT molecular complexity index is 350. The first-order valence-electron chi connectivity index (χ1n) is 7.61. The molecule has 2 rings (SSSR count). The van der Waals surface area contributed by atoms with Crippen LogP contribution in [-0.4, -0.2) is 17.8 Å². The quantitative estimate of drug-likeness (QED) is 0.784. The van der Waals surface area contributed by atoms with Crippen LogP contribution in [0.5, 0.6) is 5.75 Å². The Labute approximate surface area is 116 Å². The molecule has 1 fully saturated rings. The average Bonchev–Trinajstić information content (AvgIpc) is 2.44. The number of aliphatic hydroxyl groups is 1. The van der Waals surface area contributed by atoms with Gasteiger partial charge in [0.15, 0.2) is 0 Å². The molecule has 19 heavy (non-hydrogen) atoms. The molecule has 1 aromatic carbocycles. The first-order chi connectivity index (χ1) is 9.25. The van der Waals surface area contributed by atoms with Gasteiger partial charge in [-0.05, 0) is 49.7 Å². The normalized spacial score (nSPS) is 24.9. The molecular formula is C17H26O2. The molecule has 106 valence electrons. The summed E-state index contributed by atoms with van der Waals surface area (Å²) in [5, 5.41) is 10.2. The molecule has 0 aromatic heterocycles. The highest BCUT2D eigenvalue weighted by Crippen LogP contribution is 2.32. The van der Waals surface area contributed by atoms with Crippen molar-refractivity contribution in [3.8, 4) is 5.75 Å². The van der Waals surface area contributed by atoms with Gasteiger partial charge < -0.3 is 9.84 Å². The Hall–Kier alpha value is -1.02. The minimum atomic E-state index is -0.137. The van der Waals surface area contributed by atoms with Crippen molar-refractivity contribution >= 4 is 0 Å². The van der Waals surface area contributed by atoms with Crippen LogP contribution in [-0.2, 0) is 0 Å². The first kappa shape index (κ1) is 14.4. The van der Waals surface area contributed by atoms with Crippen LogP contribution in [0.1, 0.15) is 45.4 Å². The van der Waals surface area contributed by atoms with Gasteiger partial charge in [-0.25, -0.2) is 0 Å². The van der Waals surface area contributed by atoms with Gasteiger partial charge in [0, 0.05) is 0 Å². The van der Waals surface area contributed by atoms with Crippen molar-refractivity contribution in [1.29, 1.82) is 0 Å². The lowest BCUT2D eigenvalue weighted by Crippen LogP contribution is -2.26. The van der Waals surface area contributed by atoms with Gasteiger partial charge in [-0.15, -0.1) is 0 Å². The summed E-state index contributed by atoms with van der Waals surface area (Å²) in [5.41, 5.74) is 0. The van der Waals surface area contributed by atoms with E-state index in [4.69, 9.17) is 4.74 Å². The number of hydrogen-bond acceptors (Lipinski definition) is 2. The fraction of sp³-hybridized carbons (Fsp3) is 0.647. The van der Waals surface area contributed by atoms with E-state index in [1.807, 2.05) is 30.3 Å². The zero-order valence-corrected chi connectivity index (χ0v) is 11.9. The van der Waals surface area contributed by atoms with Crippen LogP contribution in [0.2, 0.25) is 0 Å². The summed E-state index contributed by atoms with van der Waals surface area (Å²) < 4.78 is 5.65. The summed E-state index contributed by atoms with van der Waals surface area (Å²) in [7, 11) is 0. The summed E-state index contributed by atoms with van der Waals surface area (Å²) in [6.45, 7) is 3.00. The predicted octanol–water partition coefficient (Wildman–Crippen LogP) is 4.03. The topological polar surface area (TPSA) is 29.5 Å². The van der Waals surface area contributed by atoms with E-state index in [0.717, 1.165) is 24.5 Å². The molecule has 2 nitrogen and oxygen atoms in total. The van der Waals surface area contributed by atoms with E-state index in [1.54, 1.807) is 0 Å². The average molecular weight is 262 g/mol. The zero-order valence-electron chi connectivity index (χ0n) is 11.9. The van der Waals surface area contributed by atoms with Crippen molar-refractivity contribution in [3.63, 3.8) is 0 Å². The van der Waals surface area contributed by atoms with Gasteiger partial charge in [0.1, 0.15) is 5.75 Å². The monoisotopic (exact) mass is 262 g/mol. The molecule has 1 aromatic rings. The van der Waals surface area contributed by atoms with Gasteiger partial charge in [0.05, 0.1) is 12.7 Å². The second kappa shape index (κ2) is 7.54. The van der Waals surface area contributed by atoms with Gasteiger partial charge in [0.2, 0.25) is 0 Å². The molecule has 0 radical (unpaired) electrons. The van der Waals surface area contributed by atoms with Crippen molar-refractivity contribution in [2.75, 3.05) is 6.61 Å². The molecule has 0 amide bonds. The van der Waals surface area contributed by atoms with Crippen molar-refractivity contribution < 1.29 is 9.84 Å². The van der Waals surface area contributed by atoms with E-state index < -0.39 is 0 Å². The third-order valence-corrected chi connectivity index (χ3v) is 4.18. The van der Waals surface area contributed by atoms with Gasteiger partial charge in [0.25, 0.3) is 0 Å². The summed E-state index contributed by atoms with van der Waals surface area (Å²) in [6, 6.07) is 9.89. The van der Waals surface area contributed by atoms with Crippen LogP contribution < -0.4 is 4.74 Å². The second-order valence-corrected chi connectivity index (χ2v) is 5.90. The fourth-order valence-electron chi connectivity index (χ4n) is 3.07. The summed E-state index contributed by atoms with van der Waals surface area (Å²) in [6.07, 6.45) is 6.67.